The predicted molar refractivity (Wildman–Crippen MR) is 82.1 cm³/mol. The minimum atomic E-state index is -0.215. The van der Waals surface area contributed by atoms with Crippen LogP contribution in [0.3, 0.4) is 0 Å². The van der Waals surface area contributed by atoms with E-state index in [4.69, 9.17) is 4.74 Å². The van der Waals surface area contributed by atoms with Crippen molar-refractivity contribution < 1.29 is 9.53 Å². The van der Waals surface area contributed by atoms with E-state index in [9.17, 15) is 4.79 Å². The Hall–Kier alpha value is -2.05. The molecule has 112 valence electrons. The highest BCUT2D eigenvalue weighted by molar-refractivity contribution is 6.02. The molecule has 1 aromatic heterocycles. The molecule has 1 aliphatic heterocycles. The number of ether oxygens (including phenoxy) is 1. The molecule has 21 heavy (non-hydrogen) atoms. The van der Waals surface area contributed by atoms with Gasteiger partial charge in [0.05, 0.1) is 6.33 Å². The molecule has 0 unspecified atom stereocenters. The van der Waals surface area contributed by atoms with E-state index in [2.05, 4.69) is 15.6 Å². The van der Waals surface area contributed by atoms with Crippen molar-refractivity contribution >= 4 is 24.0 Å². The van der Waals surface area contributed by atoms with Gasteiger partial charge in [0.2, 0.25) is 0 Å². The smallest absolute Gasteiger partial charge is 0.275 e. The normalized spacial score (nSPS) is 13.4. The minimum absolute atomic E-state index is 0. The number of nitrogens with zero attached hydrogens (tertiary/aromatic N) is 2. The molecule has 1 amide bonds. The van der Waals surface area contributed by atoms with Gasteiger partial charge in [-0.05, 0) is 18.2 Å². The van der Waals surface area contributed by atoms with Crippen LogP contribution >= 0.6 is 12.4 Å². The molecule has 0 radical (unpaired) electrons. The minimum Gasteiger partial charge on any atom is -0.492 e. The van der Waals surface area contributed by atoms with Gasteiger partial charge in [-0.3, -0.25) is 4.79 Å². The molecule has 1 aliphatic rings. The van der Waals surface area contributed by atoms with E-state index < -0.39 is 0 Å². The highest BCUT2D eigenvalue weighted by Gasteiger charge is 2.12. The van der Waals surface area contributed by atoms with Crippen molar-refractivity contribution in [3.63, 3.8) is 0 Å². The maximum absolute atomic E-state index is 12.0. The number of amides is 1. The lowest BCUT2D eigenvalue weighted by atomic mass is 10.1. The molecule has 0 fully saturated rings. The largest absolute Gasteiger partial charge is 0.492 e. The Balaban J connectivity index is 0.00000161. The lowest BCUT2D eigenvalue weighted by molar-refractivity contribution is 0.102. The fraction of sp³-hybridized carbons (Fsp3) is 0.286. The van der Waals surface area contributed by atoms with Crippen LogP contribution in [0.5, 0.6) is 5.75 Å². The van der Waals surface area contributed by atoms with Crippen LogP contribution in [0, 0.1) is 0 Å². The summed E-state index contributed by atoms with van der Waals surface area (Å²) in [5.41, 5.74) is 2.19. The Bertz CT molecular complexity index is 642. The number of rotatable bonds is 2. The third kappa shape index (κ3) is 3.53. The number of nitrogens with one attached hydrogen (secondary N) is 2. The van der Waals surface area contributed by atoms with E-state index >= 15 is 0 Å². The highest BCUT2D eigenvalue weighted by Crippen LogP contribution is 2.24. The molecule has 0 bridgehead atoms. The van der Waals surface area contributed by atoms with Gasteiger partial charge in [0, 0.05) is 37.6 Å². The van der Waals surface area contributed by atoms with Gasteiger partial charge in [0.25, 0.3) is 5.91 Å². The van der Waals surface area contributed by atoms with Crippen LogP contribution in [0.2, 0.25) is 0 Å². The number of aromatic nitrogens is 2. The topological polar surface area (TPSA) is 68.2 Å². The molecule has 0 saturated heterocycles. The molecule has 0 saturated carbocycles. The number of hydrogen-bond acceptors (Lipinski definition) is 4. The lowest BCUT2D eigenvalue weighted by Gasteiger charge is -2.09. The van der Waals surface area contributed by atoms with E-state index in [0.717, 1.165) is 30.1 Å². The number of anilines is 1. The van der Waals surface area contributed by atoms with Crippen LogP contribution in [0.1, 0.15) is 16.1 Å². The molecule has 3 rings (SSSR count). The number of hydrogen-bond donors (Lipinski definition) is 2. The monoisotopic (exact) mass is 308 g/mol. The Morgan fingerprint density at radius 2 is 2.33 bits per heavy atom. The fourth-order valence-corrected chi connectivity index (χ4v) is 2.12. The first-order chi connectivity index (χ1) is 9.72. The Morgan fingerprint density at radius 3 is 3.10 bits per heavy atom. The maximum atomic E-state index is 12.0. The fourth-order valence-electron chi connectivity index (χ4n) is 2.12. The molecular weight excluding hydrogens is 292 g/mol. The van der Waals surface area contributed by atoms with Gasteiger partial charge in [0.1, 0.15) is 18.1 Å². The maximum Gasteiger partial charge on any atom is 0.275 e. The standard InChI is InChI=1S/C14H16N4O2.ClH/c1-18-8-12(16-9-18)14(19)17-11-2-3-13-10(6-11)7-15-4-5-20-13;/h2-3,6,8-9,15H,4-5,7H2,1H3,(H,17,19);1H. The average Bonchev–Trinajstić information content (AvgIpc) is 2.74. The van der Waals surface area contributed by atoms with Crippen molar-refractivity contribution in [3.8, 4) is 5.75 Å². The summed E-state index contributed by atoms with van der Waals surface area (Å²) >= 11 is 0. The zero-order valence-corrected chi connectivity index (χ0v) is 12.4. The van der Waals surface area contributed by atoms with Gasteiger partial charge < -0.3 is 19.9 Å². The summed E-state index contributed by atoms with van der Waals surface area (Å²) in [5, 5.41) is 6.11. The van der Waals surface area contributed by atoms with Gasteiger partial charge in [-0.15, -0.1) is 12.4 Å². The molecule has 0 atom stereocenters. The van der Waals surface area contributed by atoms with E-state index in [1.165, 1.54) is 0 Å². The Labute approximate surface area is 128 Å². The highest BCUT2D eigenvalue weighted by atomic mass is 35.5. The van der Waals surface area contributed by atoms with Gasteiger partial charge in [0.15, 0.2) is 0 Å². The summed E-state index contributed by atoms with van der Waals surface area (Å²) in [6.07, 6.45) is 3.28. The second-order valence-corrected chi connectivity index (χ2v) is 4.73. The van der Waals surface area contributed by atoms with Gasteiger partial charge in [-0.1, -0.05) is 0 Å². The molecule has 2 aromatic rings. The molecule has 1 aromatic carbocycles. The number of imidazole rings is 1. The van der Waals surface area contributed by atoms with Crippen LogP contribution in [0.25, 0.3) is 0 Å². The number of aryl methyl sites for hydroxylation is 1. The molecule has 0 spiro atoms. The van der Waals surface area contributed by atoms with Crippen LogP contribution < -0.4 is 15.4 Å². The number of carbonyl (C=O) groups excluding carboxylic acids is 1. The zero-order valence-electron chi connectivity index (χ0n) is 11.6. The molecule has 7 heteroatoms. The first kappa shape index (κ1) is 15.3. The summed E-state index contributed by atoms with van der Waals surface area (Å²) in [5.74, 6) is 0.652. The first-order valence-corrected chi connectivity index (χ1v) is 6.48. The van der Waals surface area contributed by atoms with Crippen LogP contribution in [-0.2, 0) is 13.6 Å². The van der Waals surface area contributed by atoms with Crippen molar-refractivity contribution in [1.29, 1.82) is 0 Å². The van der Waals surface area contributed by atoms with E-state index in [-0.39, 0.29) is 18.3 Å². The molecule has 2 N–H and O–H groups in total. The molecule has 2 heterocycles. The third-order valence-electron chi connectivity index (χ3n) is 3.11. The third-order valence-corrected chi connectivity index (χ3v) is 3.11. The van der Waals surface area contributed by atoms with Gasteiger partial charge >= 0.3 is 0 Å². The van der Waals surface area contributed by atoms with Crippen LogP contribution in [-0.4, -0.2) is 28.6 Å². The quantitative estimate of drug-likeness (QED) is 0.884. The number of benzene rings is 1. The van der Waals surface area contributed by atoms with E-state index in [1.807, 2.05) is 25.2 Å². The van der Waals surface area contributed by atoms with Crippen molar-refractivity contribution in [3.05, 3.63) is 42.0 Å². The zero-order chi connectivity index (χ0) is 13.9. The van der Waals surface area contributed by atoms with Crippen molar-refractivity contribution in [2.24, 2.45) is 7.05 Å². The van der Waals surface area contributed by atoms with Gasteiger partial charge in [-0.25, -0.2) is 4.98 Å². The summed E-state index contributed by atoms with van der Waals surface area (Å²) < 4.78 is 7.35. The molecular formula is C14H17ClN4O2. The summed E-state index contributed by atoms with van der Waals surface area (Å²) in [6.45, 7) is 2.22. The number of halogens is 1. The lowest BCUT2D eigenvalue weighted by Crippen LogP contribution is -2.16. The second kappa shape index (κ2) is 6.60. The summed E-state index contributed by atoms with van der Waals surface area (Å²) in [4.78, 5) is 16.1. The second-order valence-electron chi connectivity index (χ2n) is 4.73. The van der Waals surface area contributed by atoms with Crippen molar-refractivity contribution in [2.75, 3.05) is 18.5 Å². The van der Waals surface area contributed by atoms with Crippen LogP contribution in [0.15, 0.2) is 30.7 Å². The summed E-state index contributed by atoms with van der Waals surface area (Å²) in [7, 11) is 1.83. The van der Waals surface area contributed by atoms with E-state index in [0.29, 0.717) is 12.3 Å². The number of fused-ring (bicyclic) bond motifs is 1. The van der Waals surface area contributed by atoms with Gasteiger partial charge in [-0.2, -0.15) is 0 Å². The summed E-state index contributed by atoms with van der Waals surface area (Å²) in [6, 6.07) is 5.65. The first-order valence-electron chi connectivity index (χ1n) is 6.48. The SMILES string of the molecule is Cl.Cn1cnc(C(=O)Nc2ccc3c(c2)CNCCO3)c1. The predicted octanol–water partition coefficient (Wildman–Crippen LogP) is 1.58. The Kier molecular flexibility index (Phi) is 4.82. The molecule has 6 nitrogen and oxygen atoms in total. The van der Waals surface area contributed by atoms with Crippen LogP contribution in [0.4, 0.5) is 5.69 Å². The Morgan fingerprint density at radius 1 is 1.48 bits per heavy atom. The average molecular weight is 309 g/mol. The van der Waals surface area contributed by atoms with Crippen molar-refractivity contribution in [2.45, 2.75) is 6.54 Å². The van der Waals surface area contributed by atoms with E-state index in [1.54, 1.807) is 17.1 Å². The number of carbonyl (C=O) groups is 1. The molecule has 0 aliphatic carbocycles. The van der Waals surface area contributed by atoms with Crippen molar-refractivity contribution in [1.82, 2.24) is 14.9 Å².